The van der Waals surface area contributed by atoms with Gasteiger partial charge in [0.2, 0.25) is 0 Å². The Kier molecular flexibility index (Phi) is 4.62. The van der Waals surface area contributed by atoms with Gasteiger partial charge in [0.15, 0.2) is 9.84 Å². The van der Waals surface area contributed by atoms with E-state index in [0.717, 1.165) is 10.9 Å². The molecule has 25 heavy (non-hydrogen) atoms. The van der Waals surface area contributed by atoms with Crippen LogP contribution in [-0.4, -0.2) is 25.5 Å². The van der Waals surface area contributed by atoms with Gasteiger partial charge in [-0.2, -0.15) is 0 Å². The topological polar surface area (TPSA) is 65.4 Å². The van der Waals surface area contributed by atoms with E-state index >= 15 is 0 Å². The minimum atomic E-state index is -3.37. The lowest BCUT2D eigenvalue weighted by Crippen LogP contribution is -2.16. The third kappa shape index (κ3) is 3.29. The van der Waals surface area contributed by atoms with Crippen LogP contribution < -0.4 is 9.74 Å². The molecule has 0 N–H and O–H groups in total. The fourth-order valence-electron chi connectivity index (χ4n) is 2.74. The van der Waals surface area contributed by atoms with Crippen LogP contribution in [0.1, 0.15) is 0 Å². The second kappa shape index (κ2) is 6.57. The van der Waals surface area contributed by atoms with Gasteiger partial charge in [0.05, 0.1) is 16.9 Å². The molecule has 0 unspecified atom stereocenters. The first-order valence-corrected chi connectivity index (χ1v) is 10.5. The van der Waals surface area contributed by atoms with E-state index in [4.69, 9.17) is 4.18 Å². The molecule has 0 aliphatic rings. The Hall–Kier alpha value is -2.25. The number of sulfone groups is 1. The number of hydrogen-bond donors (Lipinski definition) is 0. The highest BCUT2D eigenvalue weighted by atomic mass is 32.2. The van der Waals surface area contributed by atoms with E-state index in [1.165, 1.54) is 28.9 Å². The number of rotatable bonds is 4. The fourth-order valence-corrected chi connectivity index (χ4v) is 3.72. The molecule has 2 aromatic carbocycles. The summed E-state index contributed by atoms with van der Waals surface area (Å²) in [5.41, 5.74) is 1.27. The maximum Gasteiger partial charge on any atom is 0.258 e. The van der Waals surface area contributed by atoms with Gasteiger partial charge in [-0.25, -0.2) is 8.42 Å². The monoisotopic (exact) mass is 375 g/mol. The van der Waals surface area contributed by atoms with Gasteiger partial charge in [0.1, 0.15) is 5.75 Å². The average molecular weight is 375 g/mol. The van der Waals surface area contributed by atoms with Gasteiger partial charge in [-0.15, -0.1) is 0 Å². The van der Waals surface area contributed by atoms with Crippen molar-refractivity contribution in [3.8, 4) is 16.9 Å². The van der Waals surface area contributed by atoms with Crippen molar-refractivity contribution in [3.05, 3.63) is 59.0 Å². The molecular weight excluding hydrogens is 358 g/mol. The molecule has 130 valence electrons. The highest BCUT2D eigenvalue weighted by Crippen LogP contribution is 2.37. The standard InChI is InChI=1S/C18H17NO4S2/c1-19-11-16(13-6-4-5-7-14(13)18(19)20)15-10-12(25(3,21)22)8-9-17(15)23-24-2/h4-11H,1-3H3. The van der Waals surface area contributed by atoms with Crippen LogP contribution in [0.25, 0.3) is 21.9 Å². The first kappa shape index (κ1) is 17.6. The lowest BCUT2D eigenvalue weighted by atomic mass is 10.00. The van der Waals surface area contributed by atoms with E-state index in [1.54, 1.807) is 43.8 Å². The van der Waals surface area contributed by atoms with Crippen molar-refractivity contribution in [2.75, 3.05) is 12.5 Å². The molecule has 0 aliphatic carbocycles. The molecule has 0 fully saturated rings. The highest BCUT2D eigenvalue weighted by molar-refractivity contribution is 7.94. The molecule has 0 saturated heterocycles. The summed E-state index contributed by atoms with van der Waals surface area (Å²) in [7, 11) is -1.69. The van der Waals surface area contributed by atoms with Gasteiger partial charge >= 0.3 is 0 Å². The molecule has 0 saturated carbocycles. The molecule has 0 aliphatic heterocycles. The SMILES string of the molecule is CSOc1ccc(S(C)(=O)=O)cc1-c1cn(C)c(=O)c2ccccc12. The van der Waals surface area contributed by atoms with Gasteiger partial charge < -0.3 is 8.75 Å². The number of aromatic nitrogens is 1. The second-order valence-electron chi connectivity index (χ2n) is 5.68. The predicted octanol–water partition coefficient (Wildman–Crippen LogP) is 3.27. The largest absolute Gasteiger partial charge is 0.425 e. The average Bonchev–Trinajstić information content (AvgIpc) is 2.58. The van der Waals surface area contributed by atoms with Crippen molar-refractivity contribution in [1.82, 2.24) is 4.57 Å². The molecular formula is C18H17NO4S2. The van der Waals surface area contributed by atoms with Crippen LogP contribution in [0.5, 0.6) is 5.75 Å². The smallest absolute Gasteiger partial charge is 0.258 e. The first-order chi connectivity index (χ1) is 11.8. The maximum absolute atomic E-state index is 12.4. The molecule has 1 aromatic heterocycles. The van der Waals surface area contributed by atoms with E-state index in [-0.39, 0.29) is 10.5 Å². The van der Waals surface area contributed by atoms with Crippen LogP contribution in [0.15, 0.2) is 58.4 Å². The number of nitrogens with zero attached hydrogens (tertiary/aromatic N) is 1. The Bertz CT molecular complexity index is 1120. The van der Waals surface area contributed by atoms with Gasteiger partial charge in [-0.3, -0.25) is 4.79 Å². The van der Waals surface area contributed by atoms with Crippen LogP contribution in [0, 0.1) is 0 Å². The van der Waals surface area contributed by atoms with E-state index in [1.807, 2.05) is 12.1 Å². The Balaban J connectivity index is 2.41. The van der Waals surface area contributed by atoms with Crippen molar-refractivity contribution >= 4 is 32.7 Å². The molecule has 5 nitrogen and oxygen atoms in total. The maximum atomic E-state index is 12.4. The molecule has 3 aromatic rings. The normalized spacial score (nSPS) is 11.6. The van der Waals surface area contributed by atoms with E-state index in [0.29, 0.717) is 16.7 Å². The van der Waals surface area contributed by atoms with Crippen molar-refractivity contribution in [3.63, 3.8) is 0 Å². The summed E-state index contributed by atoms with van der Waals surface area (Å²) in [5, 5.41) is 1.32. The number of benzene rings is 2. The molecule has 0 atom stereocenters. The zero-order valence-electron chi connectivity index (χ0n) is 14.0. The van der Waals surface area contributed by atoms with Crippen molar-refractivity contribution in [1.29, 1.82) is 0 Å². The lowest BCUT2D eigenvalue weighted by molar-refractivity contribution is 0.601. The molecule has 1 heterocycles. The Morgan fingerprint density at radius 2 is 1.72 bits per heavy atom. The number of pyridine rings is 1. The van der Waals surface area contributed by atoms with Crippen LogP contribution in [0.4, 0.5) is 0 Å². The van der Waals surface area contributed by atoms with Crippen molar-refractivity contribution < 1.29 is 12.6 Å². The van der Waals surface area contributed by atoms with Gasteiger partial charge in [-0.05, 0) is 29.7 Å². The molecule has 3 rings (SSSR count). The van der Waals surface area contributed by atoms with Crippen LogP contribution in [-0.2, 0) is 16.9 Å². The third-order valence-corrected chi connectivity index (χ3v) is 5.39. The van der Waals surface area contributed by atoms with Gasteiger partial charge in [0, 0.05) is 42.3 Å². The molecule has 0 amide bonds. The highest BCUT2D eigenvalue weighted by Gasteiger charge is 2.17. The Morgan fingerprint density at radius 3 is 2.36 bits per heavy atom. The summed E-state index contributed by atoms with van der Waals surface area (Å²) in [4.78, 5) is 12.6. The zero-order valence-corrected chi connectivity index (χ0v) is 15.6. The first-order valence-electron chi connectivity index (χ1n) is 7.46. The number of hydrogen-bond acceptors (Lipinski definition) is 5. The fraction of sp³-hybridized carbons (Fsp3) is 0.167. The minimum Gasteiger partial charge on any atom is -0.425 e. The summed E-state index contributed by atoms with van der Waals surface area (Å²) in [6.07, 6.45) is 4.66. The summed E-state index contributed by atoms with van der Waals surface area (Å²) in [6, 6.07) is 12.0. The van der Waals surface area contributed by atoms with Crippen molar-refractivity contribution in [2.24, 2.45) is 7.05 Å². The Morgan fingerprint density at radius 1 is 1.04 bits per heavy atom. The summed E-state index contributed by atoms with van der Waals surface area (Å²) >= 11 is 1.17. The minimum absolute atomic E-state index is 0.106. The molecule has 0 spiro atoms. The summed E-state index contributed by atoms with van der Waals surface area (Å²) < 4.78 is 31.0. The lowest BCUT2D eigenvalue weighted by Gasteiger charge is -2.14. The number of fused-ring (bicyclic) bond motifs is 1. The van der Waals surface area contributed by atoms with Crippen LogP contribution >= 0.6 is 12.0 Å². The van der Waals surface area contributed by atoms with Crippen molar-refractivity contribution in [2.45, 2.75) is 4.90 Å². The number of aryl methyl sites for hydroxylation is 1. The van der Waals surface area contributed by atoms with E-state index in [2.05, 4.69) is 0 Å². The van der Waals surface area contributed by atoms with E-state index in [9.17, 15) is 13.2 Å². The second-order valence-corrected chi connectivity index (χ2v) is 8.20. The van der Waals surface area contributed by atoms with E-state index < -0.39 is 9.84 Å². The van der Waals surface area contributed by atoms with Gasteiger partial charge in [-0.1, -0.05) is 18.2 Å². The molecule has 7 heteroatoms. The molecule has 0 bridgehead atoms. The van der Waals surface area contributed by atoms with Gasteiger partial charge in [0.25, 0.3) is 5.56 Å². The summed E-state index contributed by atoms with van der Waals surface area (Å²) in [6.45, 7) is 0. The predicted molar refractivity (Wildman–Crippen MR) is 102 cm³/mol. The molecule has 0 radical (unpaired) electrons. The Labute approximate surface area is 150 Å². The van der Waals surface area contributed by atoms with Crippen LogP contribution in [0.2, 0.25) is 0 Å². The van der Waals surface area contributed by atoms with Crippen LogP contribution in [0.3, 0.4) is 0 Å². The summed E-state index contributed by atoms with van der Waals surface area (Å²) in [5.74, 6) is 0.545. The quantitative estimate of drug-likeness (QED) is 0.655. The third-order valence-electron chi connectivity index (χ3n) is 3.93. The zero-order chi connectivity index (χ0) is 18.2.